The summed E-state index contributed by atoms with van der Waals surface area (Å²) in [6.45, 7) is 4.75. The zero-order valence-electron chi connectivity index (χ0n) is 14.2. The van der Waals surface area contributed by atoms with Crippen LogP contribution in [0.25, 0.3) is 11.0 Å². The van der Waals surface area contributed by atoms with Crippen LogP contribution in [0.5, 0.6) is 0 Å². The molecule has 0 amide bonds. The van der Waals surface area contributed by atoms with Gasteiger partial charge in [-0.3, -0.25) is 4.90 Å². The monoisotopic (exact) mass is 337 g/mol. The molecular weight excluding hydrogens is 314 g/mol. The van der Waals surface area contributed by atoms with E-state index in [-0.39, 0.29) is 6.10 Å². The first-order chi connectivity index (χ1) is 12.4. The van der Waals surface area contributed by atoms with Crippen LogP contribution in [0, 0.1) is 0 Å². The molecule has 1 saturated heterocycles. The molecule has 3 aromatic rings. The van der Waals surface area contributed by atoms with Crippen molar-refractivity contribution in [1.29, 1.82) is 0 Å². The number of pyridine rings is 1. The van der Waals surface area contributed by atoms with Gasteiger partial charge in [-0.15, -0.1) is 0 Å². The molecule has 1 N–H and O–H groups in total. The lowest BCUT2D eigenvalue weighted by molar-refractivity contribution is -0.0740. The van der Waals surface area contributed by atoms with E-state index in [4.69, 9.17) is 9.47 Å². The van der Waals surface area contributed by atoms with Crippen molar-refractivity contribution in [3.63, 3.8) is 0 Å². The largest absolute Gasteiger partial charge is 0.374 e. The molecule has 2 aromatic heterocycles. The van der Waals surface area contributed by atoms with Gasteiger partial charge < -0.3 is 14.5 Å². The van der Waals surface area contributed by atoms with Crippen LogP contribution >= 0.6 is 0 Å². The second-order valence-corrected chi connectivity index (χ2v) is 6.44. The van der Waals surface area contributed by atoms with E-state index in [1.54, 1.807) is 0 Å². The van der Waals surface area contributed by atoms with Gasteiger partial charge in [0.1, 0.15) is 5.65 Å². The average molecular weight is 337 g/mol. The zero-order chi connectivity index (χ0) is 16.9. The van der Waals surface area contributed by atoms with E-state index in [9.17, 15) is 0 Å². The third-order valence-corrected chi connectivity index (χ3v) is 4.57. The second-order valence-electron chi connectivity index (χ2n) is 6.44. The number of benzene rings is 1. The highest BCUT2D eigenvalue weighted by molar-refractivity contribution is 5.79. The maximum absolute atomic E-state index is 5.87. The van der Waals surface area contributed by atoms with Crippen LogP contribution in [-0.2, 0) is 22.6 Å². The van der Waals surface area contributed by atoms with Crippen molar-refractivity contribution >= 4 is 11.0 Å². The highest BCUT2D eigenvalue weighted by atomic mass is 16.5. The fourth-order valence-corrected chi connectivity index (χ4v) is 3.29. The van der Waals surface area contributed by atoms with Gasteiger partial charge in [0.2, 0.25) is 0 Å². The van der Waals surface area contributed by atoms with Crippen molar-refractivity contribution in [3.8, 4) is 0 Å². The van der Waals surface area contributed by atoms with Gasteiger partial charge in [-0.2, -0.15) is 0 Å². The number of aromatic nitrogens is 2. The normalized spacial score (nSPS) is 18.6. The third kappa shape index (κ3) is 4.07. The minimum Gasteiger partial charge on any atom is -0.374 e. The zero-order valence-corrected chi connectivity index (χ0v) is 14.2. The summed E-state index contributed by atoms with van der Waals surface area (Å²) < 4.78 is 11.7. The number of rotatable bonds is 6. The fraction of sp³-hybridized carbons (Fsp3) is 0.350. The predicted octanol–water partition coefficient (Wildman–Crippen LogP) is 2.98. The Kier molecular flexibility index (Phi) is 5.06. The molecule has 1 aromatic carbocycles. The van der Waals surface area contributed by atoms with Gasteiger partial charge in [0.15, 0.2) is 0 Å². The molecule has 1 aliphatic heterocycles. The van der Waals surface area contributed by atoms with Crippen molar-refractivity contribution < 1.29 is 9.47 Å². The molecule has 1 aliphatic rings. The summed E-state index contributed by atoms with van der Waals surface area (Å²) >= 11 is 0. The quantitative estimate of drug-likeness (QED) is 0.751. The summed E-state index contributed by atoms with van der Waals surface area (Å²) in [7, 11) is 0. The van der Waals surface area contributed by atoms with Gasteiger partial charge in [0.05, 0.1) is 25.9 Å². The number of fused-ring (bicyclic) bond motifs is 1. The van der Waals surface area contributed by atoms with Crippen LogP contribution in [0.1, 0.15) is 11.1 Å². The highest BCUT2D eigenvalue weighted by Crippen LogP contribution is 2.19. The molecule has 0 bridgehead atoms. The van der Waals surface area contributed by atoms with Gasteiger partial charge in [-0.05, 0) is 23.3 Å². The van der Waals surface area contributed by atoms with Crippen molar-refractivity contribution in [2.45, 2.75) is 19.3 Å². The van der Waals surface area contributed by atoms with E-state index < -0.39 is 0 Å². The third-order valence-electron chi connectivity index (χ3n) is 4.57. The Hall–Kier alpha value is -2.21. The summed E-state index contributed by atoms with van der Waals surface area (Å²) in [5.74, 6) is 0. The fourth-order valence-electron chi connectivity index (χ4n) is 3.29. The summed E-state index contributed by atoms with van der Waals surface area (Å²) in [5.41, 5.74) is 3.43. The van der Waals surface area contributed by atoms with Crippen molar-refractivity contribution in [3.05, 3.63) is 66.0 Å². The van der Waals surface area contributed by atoms with Crippen molar-refractivity contribution in [2.75, 3.05) is 26.3 Å². The molecule has 0 unspecified atom stereocenters. The number of hydrogen-bond donors (Lipinski definition) is 1. The lowest BCUT2D eigenvalue weighted by Crippen LogP contribution is -2.43. The molecular formula is C20H23N3O2. The predicted molar refractivity (Wildman–Crippen MR) is 97.2 cm³/mol. The molecule has 4 rings (SSSR count). The Balaban J connectivity index is 1.30. The minimum atomic E-state index is 0.126. The molecule has 0 aliphatic carbocycles. The van der Waals surface area contributed by atoms with Gasteiger partial charge in [0, 0.05) is 37.4 Å². The molecule has 5 nitrogen and oxygen atoms in total. The van der Waals surface area contributed by atoms with Crippen molar-refractivity contribution in [1.82, 2.24) is 14.9 Å². The van der Waals surface area contributed by atoms with E-state index >= 15 is 0 Å². The van der Waals surface area contributed by atoms with E-state index in [1.165, 1.54) is 16.5 Å². The molecule has 1 fully saturated rings. The molecule has 3 heterocycles. The topological polar surface area (TPSA) is 50.4 Å². The van der Waals surface area contributed by atoms with E-state index in [0.717, 1.165) is 31.9 Å². The number of nitrogens with one attached hydrogen (secondary N) is 1. The van der Waals surface area contributed by atoms with Crippen LogP contribution in [0.3, 0.4) is 0 Å². The molecule has 5 heteroatoms. The SMILES string of the molecule is c1ccc(COC[C@@H]2CN(Cc3c[nH]c4ncccc34)CCO2)cc1. The first kappa shape index (κ1) is 16.3. The molecule has 0 radical (unpaired) electrons. The van der Waals surface area contributed by atoms with Crippen LogP contribution < -0.4 is 0 Å². The van der Waals surface area contributed by atoms with Crippen LogP contribution in [0.4, 0.5) is 0 Å². The number of aromatic amines is 1. The van der Waals surface area contributed by atoms with E-state index in [0.29, 0.717) is 13.2 Å². The first-order valence-electron chi connectivity index (χ1n) is 8.75. The molecule has 1 atom stereocenters. The number of hydrogen-bond acceptors (Lipinski definition) is 4. The standard InChI is InChI=1S/C20H23N3O2/c1-2-5-16(6-3-1)14-24-15-18-13-23(9-10-25-18)12-17-11-22-20-19(17)7-4-8-21-20/h1-8,11,18H,9-10,12-15H2,(H,21,22)/t18-/m0/s1. The Labute approximate surface area is 147 Å². The maximum atomic E-state index is 5.87. The van der Waals surface area contributed by atoms with Crippen LogP contribution in [0.15, 0.2) is 54.9 Å². The van der Waals surface area contributed by atoms with Gasteiger partial charge in [-0.25, -0.2) is 4.98 Å². The molecule has 0 spiro atoms. The minimum absolute atomic E-state index is 0.126. The Bertz CT molecular complexity index is 803. The average Bonchev–Trinajstić information content (AvgIpc) is 3.06. The van der Waals surface area contributed by atoms with E-state index in [2.05, 4.69) is 39.3 Å². The number of nitrogens with zero attached hydrogens (tertiary/aromatic N) is 2. The summed E-state index contributed by atoms with van der Waals surface area (Å²) in [6, 6.07) is 14.4. The lowest BCUT2D eigenvalue weighted by atomic mass is 10.2. The molecule has 130 valence electrons. The van der Waals surface area contributed by atoms with Gasteiger partial charge in [-0.1, -0.05) is 30.3 Å². The molecule has 25 heavy (non-hydrogen) atoms. The summed E-state index contributed by atoms with van der Waals surface area (Å²) in [6.07, 6.45) is 4.01. The van der Waals surface area contributed by atoms with Gasteiger partial charge >= 0.3 is 0 Å². The Morgan fingerprint density at radius 1 is 1.20 bits per heavy atom. The summed E-state index contributed by atoms with van der Waals surface area (Å²) in [4.78, 5) is 10.0. The Morgan fingerprint density at radius 3 is 3.04 bits per heavy atom. The first-order valence-corrected chi connectivity index (χ1v) is 8.75. The van der Waals surface area contributed by atoms with Crippen LogP contribution in [0.2, 0.25) is 0 Å². The molecule has 0 saturated carbocycles. The maximum Gasteiger partial charge on any atom is 0.137 e. The number of morpholine rings is 1. The Morgan fingerprint density at radius 2 is 2.12 bits per heavy atom. The lowest BCUT2D eigenvalue weighted by Gasteiger charge is -2.32. The smallest absolute Gasteiger partial charge is 0.137 e. The number of ether oxygens (including phenoxy) is 2. The van der Waals surface area contributed by atoms with Gasteiger partial charge in [0.25, 0.3) is 0 Å². The van der Waals surface area contributed by atoms with Crippen LogP contribution in [-0.4, -0.2) is 47.3 Å². The summed E-state index contributed by atoms with van der Waals surface area (Å²) in [5, 5.41) is 1.20. The van der Waals surface area contributed by atoms with E-state index in [1.807, 2.05) is 30.5 Å². The highest BCUT2D eigenvalue weighted by Gasteiger charge is 2.21. The second kappa shape index (κ2) is 7.78. The van der Waals surface area contributed by atoms with Crippen molar-refractivity contribution in [2.24, 2.45) is 0 Å². The number of H-pyrrole nitrogens is 1.